The van der Waals surface area contributed by atoms with Gasteiger partial charge in [0, 0.05) is 26.0 Å². The molecule has 0 spiro atoms. The molecule has 2 rings (SSSR count). The van der Waals surface area contributed by atoms with Crippen LogP contribution >= 0.6 is 0 Å². The quantitative estimate of drug-likeness (QED) is 0.833. The largest absolute Gasteiger partial charge is 0.481 e. The summed E-state index contributed by atoms with van der Waals surface area (Å²) in [4.78, 5) is 27.1. The number of aliphatic carboxylic acids is 1. The van der Waals surface area contributed by atoms with E-state index in [0.29, 0.717) is 12.2 Å². The monoisotopic (exact) mass is 263 g/mol. The highest BCUT2D eigenvalue weighted by molar-refractivity contribution is 5.86. The predicted octanol–water partition coefficient (Wildman–Crippen LogP) is 0.943. The highest BCUT2D eigenvalue weighted by Crippen LogP contribution is 2.15. The summed E-state index contributed by atoms with van der Waals surface area (Å²) in [6.07, 6.45) is 3.18. The number of nitrogens with zero attached hydrogens (tertiary/aromatic N) is 3. The Morgan fingerprint density at radius 3 is 2.68 bits per heavy atom. The molecular weight excluding hydrogens is 250 g/mol. The van der Waals surface area contributed by atoms with Gasteiger partial charge < -0.3 is 19.5 Å². The molecule has 0 radical (unpaired) electrons. The van der Waals surface area contributed by atoms with Gasteiger partial charge in [-0.3, -0.25) is 4.79 Å². The molecule has 0 aromatic carbocycles. The third-order valence-electron chi connectivity index (χ3n) is 2.76. The van der Waals surface area contributed by atoms with Crippen molar-refractivity contribution in [2.24, 2.45) is 0 Å². The number of aromatic nitrogens is 2. The second-order valence-corrected chi connectivity index (χ2v) is 4.15. The number of carbonyl (C=O) groups is 2. The summed E-state index contributed by atoms with van der Waals surface area (Å²) >= 11 is 0. The zero-order valence-electron chi connectivity index (χ0n) is 10.3. The van der Waals surface area contributed by atoms with Gasteiger partial charge in [0.1, 0.15) is 5.65 Å². The normalized spacial score (nSPS) is 10.6. The number of imidazole rings is 1. The van der Waals surface area contributed by atoms with Crippen LogP contribution in [-0.2, 0) is 4.79 Å². The summed E-state index contributed by atoms with van der Waals surface area (Å²) in [5.74, 6) is -1.94. The summed E-state index contributed by atoms with van der Waals surface area (Å²) in [7, 11) is 1.78. The van der Waals surface area contributed by atoms with Crippen LogP contribution < -0.4 is 4.90 Å². The minimum atomic E-state index is -1.08. The van der Waals surface area contributed by atoms with E-state index in [-0.39, 0.29) is 12.1 Å². The van der Waals surface area contributed by atoms with Crippen LogP contribution in [0.1, 0.15) is 16.9 Å². The zero-order chi connectivity index (χ0) is 14.0. The molecule has 0 aliphatic heterocycles. The van der Waals surface area contributed by atoms with Gasteiger partial charge in [0.05, 0.1) is 12.1 Å². The molecular formula is C12H13N3O4. The van der Waals surface area contributed by atoms with Crippen molar-refractivity contribution in [3.05, 3.63) is 30.2 Å². The Bertz CT molecular complexity index is 635. The Kier molecular flexibility index (Phi) is 3.37. The Morgan fingerprint density at radius 1 is 1.32 bits per heavy atom. The summed E-state index contributed by atoms with van der Waals surface area (Å²) in [6, 6.07) is 3.47. The SMILES string of the molecule is CN(CCC(=O)O)c1ccc2nc(C(=O)O)cn2c1. The standard InChI is InChI=1S/C12H13N3O4/c1-14(5-4-11(16)17)8-2-3-10-13-9(12(18)19)7-15(10)6-8/h2-3,6-7H,4-5H2,1H3,(H,16,17)(H,18,19). The fraction of sp³-hybridized carbons (Fsp3) is 0.250. The van der Waals surface area contributed by atoms with E-state index < -0.39 is 11.9 Å². The molecule has 0 aliphatic rings. The van der Waals surface area contributed by atoms with Gasteiger partial charge in [0.25, 0.3) is 0 Å². The lowest BCUT2D eigenvalue weighted by molar-refractivity contribution is -0.136. The molecule has 0 atom stereocenters. The molecule has 2 heterocycles. The van der Waals surface area contributed by atoms with Crippen molar-refractivity contribution in [3.63, 3.8) is 0 Å². The maximum Gasteiger partial charge on any atom is 0.356 e. The van der Waals surface area contributed by atoms with Crippen molar-refractivity contribution in [2.75, 3.05) is 18.5 Å². The van der Waals surface area contributed by atoms with Crippen LogP contribution in [0.4, 0.5) is 5.69 Å². The van der Waals surface area contributed by atoms with Crippen LogP contribution in [0.25, 0.3) is 5.65 Å². The topological polar surface area (TPSA) is 95.1 Å². The fourth-order valence-electron chi connectivity index (χ4n) is 1.70. The predicted molar refractivity (Wildman–Crippen MR) is 67.7 cm³/mol. The van der Waals surface area contributed by atoms with Crippen LogP contribution in [0.15, 0.2) is 24.5 Å². The average molecular weight is 263 g/mol. The summed E-state index contributed by atoms with van der Waals surface area (Å²) in [5.41, 5.74) is 1.31. The van der Waals surface area contributed by atoms with Crippen molar-refractivity contribution in [2.45, 2.75) is 6.42 Å². The van der Waals surface area contributed by atoms with Crippen molar-refractivity contribution in [3.8, 4) is 0 Å². The van der Waals surface area contributed by atoms with Gasteiger partial charge in [0.2, 0.25) is 0 Å². The lowest BCUT2D eigenvalue weighted by Gasteiger charge is -2.18. The van der Waals surface area contributed by atoms with E-state index in [9.17, 15) is 9.59 Å². The molecule has 0 saturated heterocycles. The van der Waals surface area contributed by atoms with E-state index in [1.165, 1.54) is 6.20 Å². The van der Waals surface area contributed by atoms with Crippen LogP contribution in [0.5, 0.6) is 0 Å². The van der Waals surface area contributed by atoms with Gasteiger partial charge >= 0.3 is 11.9 Å². The van der Waals surface area contributed by atoms with E-state index in [4.69, 9.17) is 10.2 Å². The molecule has 2 aromatic rings. The van der Waals surface area contributed by atoms with Crippen molar-refractivity contribution in [1.29, 1.82) is 0 Å². The molecule has 19 heavy (non-hydrogen) atoms. The lowest BCUT2D eigenvalue weighted by atomic mass is 10.3. The van der Waals surface area contributed by atoms with Gasteiger partial charge in [-0.05, 0) is 12.1 Å². The Morgan fingerprint density at radius 2 is 2.05 bits per heavy atom. The molecule has 0 aliphatic carbocycles. The second-order valence-electron chi connectivity index (χ2n) is 4.15. The number of hydrogen-bond acceptors (Lipinski definition) is 4. The Labute approximate surface area is 108 Å². The molecule has 0 amide bonds. The molecule has 0 fully saturated rings. The van der Waals surface area contributed by atoms with E-state index in [2.05, 4.69) is 4.98 Å². The molecule has 0 bridgehead atoms. The Balaban J connectivity index is 2.25. The molecule has 100 valence electrons. The first-order valence-corrected chi connectivity index (χ1v) is 5.62. The van der Waals surface area contributed by atoms with E-state index in [1.807, 2.05) is 0 Å². The molecule has 2 N–H and O–H groups in total. The number of carboxylic acids is 2. The highest BCUT2D eigenvalue weighted by atomic mass is 16.4. The number of fused-ring (bicyclic) bond motifs is 1. The highest BCUT2D eigenvalue weighted by Gasteiger charge is 2.10. The van der Waals surface area contributed by atoms with Crippen LogP contribution in [0.2, 0.25) is 0 Å². The maximum atomic E-state index is 10.8. The van der Waals surface area contributed by atoms with E-state index in [0.717, 1.165) is 5.69 Å². The van der Waals surface area contributed by atoms with Gasteiger partial charge in [-0.15, -0.1) is 0 Å². The molecule has 7 nitrogen and oxygen atoms in total. The molecule has 7 heteroatoms. The van der Waals surface area contributed by atoms with Crippen LogP contribution in [0, 0.1) is 0 Å². The van der Waals surface area contributed by atoms with Crippen molar-refractivity contribution in [1.82, 2.24) is 9.38 Å². The van der Waals surface area contributed by atoms with Crippen molar-refractivity contribution >= 4 is 23.3 Å². The van der Waals surface area contributed by atoms with Gasteiger partial charge in [-0.1, -0.05) is 0 Å². The number of carboxylic acid groups (broad SMARTS) is 2. The minimum absolute atomic E-state index is 0.0228. The average Bonchev–Trinajstić information content (AvgIpc) is 2.78. The first-order valence-electron chi connectivity index (χ1n) is 5.62. The summed E-state index contributed by atoms with van der Waals surface area (Å²) in [5, 5.41) is 17.5. The number of anilines is 1. The lowest BCUT2D eigenvalue weighted by Crippen LogP contribution is -2.21. The molecule has 2 aromatic heterocycles. The Hall–Kier alpha value is -2.57. The minimum Gasteiger partial charge on any atom is -0.481 e. The maximum absolute atomic E-state index is 10.8. The van der Waals surface area contributed by atoms with E-state index >= 15 is 0 Å². The first kappa shape index (κ1) is 12.9. The molecule has 0 unspecified atom stereocenters. The first-order chi connectivity index (χ1) is 8.97. The number of pyridine rings is 1. The zero-order valence-corrected chi connectivity index (χ0v) is 10.3. The number of hydrogen-bond donors (Lipinski definition) is 2. The fourth-order valence-corrected chi connectivity index (χ4v) is 1.70. The van der Waals surface area contributed by atoms with Gasteiger partial charge in [-0.2, -0.15) is 0 Å². The van der Waals surface area contributed by atoms with Gasteiger partial charge in [-0.25, -0.2) is 9.78 Å². The van der Waals surface area contributed by atoms with Crippen LogP contribution in [-0.4, -0.2) is 45.1 Å². The second kappa shape index (κ2) is 4.97. The van der Waals surface area contributed by atoms with E-state index in [1.54, 1.807) is 34.7 Å². The van der Waals surface area contributed by atoms with Crippen LogP contribution in [0.3, 0.4) is 0 Å². The van der Waals surface area contributed by atoms with Crippen molar-refractivity contribution < 1.29 is 19.8 Å². The third kappa shape index (κ3) is 2.82. The molecule has 0 saturated carbocycles. The number of aromatic carboxylic acids is 1. The van der Waals surface area contributed by atoms with Gasteiger partial charge in [0.15, 0.2) is 5.69 Å². The summed E-state index contributed by atoms with van der Waals surface area (Å²) in [6.45, 7) is 0.376. The third-order valence-corrected chi connectivity index (χ3v) is 2.76. The summed E-state index contributed by atoms with van der Waals surface area (Å²) < 4.78 is 1.61. The smallest absolute Gasteiger partial charge is 0.356 e. The number of rotatable bonds is 5.